The van der Waals surface area contributed by atoms with E-state index in [1.807, 2.05) is 25.1 Å². The maximum atomic E-state index is 10.6. The third-order valence-corrected chi connectivity index (χ3v) is 1.51. The van der Waals surface area contributed by atoms with E-state index in [4.69, 9.17) is 0 Å². The Bertz CT molecular complexity index is 258. The van der Waals surface area contributed by atoms with Crippen LogP contribution in [0.5, 0.6) is 0 Å². The Hall–Kier alpha value is -1.38. The molecule has 3 heteroatoms. The highest BCUT2D eigenvalue weighted by Crippen LogP contribution is 2.06. The van der Waals surface area contributed by atoms with Gasteiger partial charge in [0.25, 0.3) is 0 Å². The lowest BCUT2D eigenvalue weighted by molar-refractivity contribution is -0.117. The van der Waals surface area contributed by atoms with E-state index in [0.717, 1.165) is 5.69 Å². The Balaban J connectivity index is 2.65. The van der Waals surface area contributed by atoms with Crippen LogP contribution >= 0.6 is 0 Å². The standard InChI is InChI=1S/C9H11N2O/c1-7(11-8(2)12)9-5-3-4-6-10-9/h3-7H,2H2,1H3,(H,11,12). The first kappa shape index (κ1) is 8.71. The number of nitrogens with one attached hydrogen (secondary N) is 1. The average molecular weight is 163 g/mol. The number of hydrogen-bond acceptors (Lipinski definition) is 2. The minimum Gasteiger partial charge on any atom is -0.348 e. The molecule has 1 atom stereocenters. The van der Waals surface area contributed by atoms with Crippen LogP contribution in [0.3, 0.4) is 0 Å². The van der Waals surface area contributed by atoms with Gasteiger partial charge in [-0.15, -0.1) is 0 Å². The molecule has 1 aromatic heterocycles. The summed E-state index contributed by atoms with van der Waals surface area (Å²) < 4.78 is 0. The van der Waals surface area contributed by atoms with Crippen LogP contribution in [0.2, 0.25) is 0 Å². The highest BCUT2D eigenvalue weighted by Gasteiger charge is 2.05. The highest BCUT2D eigenvalue weighted by molar-refractivity contribution is 5.80. The van der Waals surface area contributed by atoms with E-state index < -0.39 is 0 Å². The van der Waals surface area contributed by atoms with Crippen molar-refractivity contribution in [1.82, 2.24) is 10.3 Å². The Kier molecular flexibility index (Phi) is 2.80. The van der Waals surface area contributed by atoms with Crippen molar-refractivity contribution in [2.24, 2.45) is 0 Å². The summed E-state index contributed by atoms with van der Waals surface area (Å²) in [5.74, 6) is -0.284. The number of rotatable bonds is 2. The van der Waals surface area contributed by atoms with Crippen molar-refractivity contribution in [3.63, 3.8) is 0 Å². The molecular formula is C9H11N2O. The van der Waals surface area contributed by atoms with Gasteiger partial charge in [0.2, 0.25) is 5.91 Å². The van der Waals surface area contributed by atoms with E-state index in [0.29, 0.717) is 0 Å². The van der Waals surface area contributed by atoms with Crippen LogP contribution < -0.4 is 5.32 Å². The Morgan fingerprint density at radius 1 is 1.67 bits per heavy atom. The maximum absolute atomic E-state index is 10.6. The van der Waals surface area contributed by atoms with Crippen LogP contribution in [0.4, 0.5) is 0 Å². The predicted octanol–water partition coefficient (Wildman–Crippen LogP) is 1.09. The van der Waals surface area contributed by atoms with Crippen molar-refractivity contribution >= 4 is 5.91 Å². The largest absolute Gasteiger partial charge is 0.348 e. The van der Waals surface area contributed by atoms with Gasteiger partial charge in [-0.1, -0.05) is 6.07 Å². The second-order valence-corrected chi connectivity index (χ2v) is 2.54. The van der Waals surface area contributed by atoms with E-state index in [1.165, 1.54) is 0 Å². The number of hydrogen-bond donors (Lipinski definition) is 1. The zero-order chi connectivity index (χ0) is 8.97. The van der Waals surface area contributed by atoms with E-state index >= 15 is 0 Å². The van der Waals surface area contributed by atoms with Gasteiger partial charge in [-0.3, -0.25) is 9.78 Å². The molecule has 0 aliphatic carbocycles. The summed E-state index contributed by atoms with van der Waals surface area (Å²) in [5.41, 5.74) is 0.842. The Labute approximate surface area is 71.8 Å². The predicted molar refractivity (Wildman–Crippen MR) is 46.2 cm³/mol. The van der Waals surface area contributed by atoms with E-state index in [-0.39, 0.29) is 11.9 Å². The summed E-state index contributed by atoms with van der Waals surface area (Å²) in [6.45, 7) is 5.09. The normalized spacial score (nSPS) is 12.2. The van der Waals surface area contributed by atoms with Crippen molar-refractivity contribution in [3.8, 4) is 0 Å². The van der Waals surface area contributed by atoms with Crippen molar-refractivity contribution in [1.29, 1.82) is 0 Å². The maximum Gasteiger partial charge on any atom is 0.221 e. The van der Waals surface area contributed by atoms with Crippen molar-refractivity contribution in [2.75, 3.05) is 0 Å². The zero-order valence-electron chi connectivity index (χ0n) is 6.95. The molecule has 0 saturated heterocycles. The first-order chi connectivity index (χ1) is 5.70. The molecule has 63 valence electrons. The van der Waals surface area contributed by atoms with Crippen molar-refractivity contribution in [3.05, 3.63) is 37.0 Å². The molecule has 0 bridgehead atoms. The van der Waals surface area contributed by atoms with Gasteiger partial charge in [0.15, 0.2) is 0 Å². The fourth-order valence-corrected chi connectivity index (χ4v) is 0.948. The first-order valence-electron chi connectivity index (χ1n) is 3.73. The van der Waals surface area contributed by atoms with Gasteiger partial charge in [0.1, 0.15) is 0 Å². The fourth-order valence-electron chi connectivity index (χ4n) is 0.948. The molecule has 1 aromatic rings. The number of pyridine rings is 1. The summed E-state index contributed by atoms with van der Waals surface area (Å²) in [5, 5.41) is 2.65. The molecule has 1 rings (SSSR count). The molecule has 1 amide bonds. The SMILES string of the molecule is [CH2]C(=O)NC(C)c1ccccn1. The van der Waals surface area contributed by atoms with Gasteiger partial charge < -0.3 is 5.32 Å². The first-order valence-corrected chi connectivity index (χ1v) is 3.73. The van der Waals surface area contributed by atoms with Crippen LogP contribution in [-0.2, 0) is 4.79 Å². The molecular weight excluding hydrogens is 152 g/mol. The van der Waals surface area contributed by atoms with Gasteiger partial charge in [-0.2, -0.15) is 0 Å². The lowest BCUT2D eigenvalue weighted by Gasteiger charge is -2.10. The fraction of sp³-hybridized carbons (Fsp3) is 0.222. The van der Waals surface area contributed by atoms with Crippen LogP contribution in [0, 0.1) is 6.92 Å². The summed E-state index contributed by atoms with van der Waals surface area (Å²) >= 11 is 0. The molecule has 0 aromatic carbocycles. The average Bonchev–Trinajstić information content (AvgIpc) is 2.05. The van der Waals surface area contributed by atoms with Gasteiger partial charge in [0, 0.05) is 13.1 Å². The molecule has 0 spiro atoms. The lowest BCUT2D eigenvalue weighted by Crippen LogP contribution is -2.24. The smallest absolute Gasteiger partial charge is 0.221 e. The quantitative estimate of drug-likeness (QED) is 0.709. The number of nitrogens with zero attached hydrogens (tertiary/aromatic N) is 1. The van der Waals surface area contributed by atoms with E-state index in [2.05, 4.69) is 17.2 Å². The minimum atomic E-state index is -0.284. The third kappa shape index (κ3) is 2.34. The number of carbonyl (C=O) groups excluding carboxylic acids is 1. The topological polar surface area (TPSA) is 42.0 Å². The monoisotopic (exact) mass is 163 g/mol. The molecule has 1 radical (unpaired) electrons. The van der Waals surface area contributed by atoms with Gasteiger partial charge >= 0.3 is 0 Å². The second-order valence-electron chi connectivity index (χ2n) is 2.54. The van der Waals surface area contributed by atoms with Crippen LogP contribution in [0.25, 0.3) is 0 Å². The molecule has 12 heavy (non-hydrogen) atoms. The summed E-state index contributed by atoms with van der Waals surface area (Å²) in [6.07, 6.45) is 1.70. The van der Waals surface area contributed by atoms with Crippen LogP contribution in [0.15, 0.2) is 24.4 Å². The highest BCUT2D eigenvalue weighted by atomic mass is 16.1. The van der Waals surface area contributed by atoms with Gasteiger partial charge in [-0.25, -0.2) is 0 Å². The Morgan fingerprint density at radius 2 is 2.42 bits per heavy atom. The molecule has 3 nitrogen and oxygen atoms in total. The summed E-state index contributed by atoms with van der Waals surface area (Å²) in [6, 6.07) is 5.51. The third-order valence-electron chi connectivity index (χ3n) is 1.51. The number of aromatic nitrogens is 1. The van der Waals surface area contributed by atoms with E-state index in [9.17, 15) is 4.79 Å². The number of amides is 1. The van der Waals surface area contributed by atoms with Gasteiger partial charge in [-0.05, 0) is 19.1 Å². The lowest BCUT2D eigenvalue weighted by atomic mass is 10.2. The summed E-state index contributed by atoms with van der Waals surface area (Å²) in [4.78, 5) is 14.7. The second kappa shape index (κ2) is 3.85. The molecule has 0 fully saturated rings. The molecule has 1 N–H and O–H groups in total. The Morgan fingerprint density at radius 3 is 2.92 bits per heavy atom. The minimum absolute atomic E-state index is 0.0730. The molecule has 1 unspecified atom stereocenters. The molecule has 1 heterocycles. The van der Waals surface area contributed by atoms with Crippen molar-refractivity contribution in [2.45, 2.75) is 13.0 Å². The van der Waals surface area contributed by atoms with Crippen LogP contribution in [0.1, 0.15) is 18.7 Å². The van der Waals surface area contributed by atoms with Crippen LogP contribution in [-0.4, -0.2) is 10.9 Å². The number of carbonyl (C=O) groups is 1. The molecule has 0 aliphatic heterocycles. The van der Waals surface area contributed by atoms with Gasteiger partial charge in [0.05, 0.1) is 11.7 Å². The molecule has 0 saturated carbocycles. The zero-order valence-corrected chi connectivity index (χ0v) is 6.95. The summed E-state index contributed by atoms with van der Waals surface area (Å²) in [7, 11) is 0. The van der Waals surface area contributed by atoms with Crippen molar-refractivity contribution < 1.29 is 4.79 Å². The molecule has 0 aliphatic rings. The van der Waals surface area contributed by atoms with E-state index in [1.54, 1.807) is 6.20 Å².